The molecular weight excluding hydrogens is 208 g/mol. The molecule has 0 unspecified atom stereocenters. The maximum Gasteiger partial charge on any atom is 0.193 e. The summed E-state index contributed by atoms with van der Waals surface area (Å²) in [6.45, 7) is 4.22. The van der Waals surface area contributed by atoms with Gasteiger partial charge in [-0.1, -0.05) is 56.3 Å². The summed E-state index contributed by atoms with van der Waals surface area (Å²) in [6, 6.07) is 7.77. The van der Waals surface area contributed by atoms with Crippen molar-refractivity contribution in [2.75, 3.05) is 0 Å². The van der Waals surface area contributed by atoms with Gasteiger partial charge in [0.05, 0.1) is 0 Å². The zero-order chi connectivity index (χ0) is 12.0. The van der Waals surface area contributed by atoms with E-state index in [0.717, 1.165) is 22.3 Å². The van der Waals surface area contributed by atoms with E-state index < -0.39 is 0 Å². The fourth-order valence-electron chi connectivity index (χ4n) is 2.36. The summed E-state index contributed by atoms with van der Waals surface area (Å²) in [4.78, 5) is 12.4. The van der Waals surface area contributed by atoms with Gasteiger partial charge in [0.15, 0.2) is 5.78 Å². The van der Waals surface area contributed by atoms with Gasteiger partial charge in [-0.2, -0.15) is 0 Å². The van der Waals surface area contributed by atoms with Crippen LogP contribution in [0.15, 0.2) is 53.6 Å². The van der Waals surface area contributed by atoms with Crippen molar-refractivity contribution in [1.82, 2.24) is 0 Å². The average Bonchev–Trinajstić information content (AvgIpc) is 2.30. The third-order valence-corrected chi connectivity index (χ3v) is 3.28. The first-order valence-corrected chi connectivity index (χ1v) is 5.85. The predicted molar refractivity (Wildman–Crippen MR) is 69.8 cm³/mol. The highest BCUT2D eigenvalue weighted by molar-refractivity contribution is 6.17. The third-order valence-electron chi connectivity index (χ3n) is 3.28. The van der Waals surface area contributed by atoms with E-state index in [2.05, 4.69) is 38.2 Å². The fraction of sp³-hybridized carbons (Fsp3) is 0.188. The fourth-order valence-corrected chi connectivity index (χ4v) is 2.36. The molecule has 3 rings (SSSR count). The lowest BCUT2D eigenvalue weighted by atomic mass is 9.77. The summed E-state index contributed by atoms with van der Waals surface area (Å²) in [5.74, 6) is 0.149. The zero-order valence-electron chi connectivity index (χ0n) is 10.0. The molecule has 0 radical (unpaired) electrons. The first-order chi connectivity index (χ1) is 8.07. The molecule has 1 heteroatoms. The molecule has 0 saturated heterocycles. The Morgan fingerprint density at radius 2 is 1.88 bits per heavy atom. The Morgan fingerprint density at radius 1 is 1.12 bits per heavy atom. The second-order valence-electron chi connectivity index (χ2n) is 5.23. The molecule has 0 atom stereocenters. The van der Waals surface area contributed by atoms with Gasteiger partial charge in [0.2, 0.25) is 0 Å². The van der Waals surface area contributed by atoms with Crippen LogP contribution in [0.3, 0.4) is 0 Å². The lowest BCUT2D eigenvalue weighted by Crippen LogP contribution is -2.18. The van der Waals surface area contributed by atoms with Gasteiger partial charge in [0.1, 0.15) is 0 Å². The SMILES string of the molecule is CC1(C)C=CC2=Cc3ccccc3C(=O)C2=C1. The molecule has 0 spiro atoms. The highest BCUT2D eigenvalue weighted by Crippen LogP contribution is 2.36. The van der Waals surface area contributed by atoms with Crippen molar-refractivity contribution in [2.45, 2.75) is 13.8 Å². The molecule has 2 aliphatic rings. The van der Waals surface area contributed by atoms with Crippen LogP contribution in [-0.2, 0) is 0 Å². The van der Waals surface area contributed by atoms with Crippen LogP contribution in [0.4, 0.5) is 0 Å². The van der Waals surface area contributed by atoms with Crippen molar-refractivity contribution in [2.24, 2.45) is 5.41 Å². The molecule has 0 aliphatic heterocycles. The number of benzene rings is 1. The maximum atomic E-state index is 12.4. The molecule has 2 aliphatic carbocycles. The van der Waals surface area contributed by atoms with Crippen molar-refractivity contribution in [3.8, 4) is 0 Å². The van der Waals surface area contributed by atoms with Crippen molar-refractivity contribution < 1.29 is 4.79 Å². The van der Waals surface area contributed by atoms with Crippen molar-refractivity contribution in [3.05, 3.63) is 64.8 Å². The van der Waals surface area contributed by atoms with Crippen LogP contribution in [0.5, 0.6) is 0 Å². The van der Waals surface area contributed by atoms with Crippen LogP contribution in [0, 0.1) is 5.41 Å². The zero-order valence-corrected chi connectivity index (χ0v) is 10.0. The molecule has 0 bridgehead atoms. The van der Waals surface area contributed by atoms with Gasteiger partial charge in [0, 0.05) is 16.6 Å². The standard InChI is InChI=1S/C16H14O/c1-16(2)8-7-12-9-11-5-3-4-6-13(11)15(17)14(12)10-16/h3-10H,1-2H3. The Labute approximate surface area is 101 Å². The first-order valence-electron chi connectivity index (χ1n) is 5.85. The predicted octanol–water partition coefficient (Wildman–Crippen LogP) is 3.79. The lowest BCUT2D eigenvalue weighted by Gasteiger charge is -2.26. The molecule has 0 amide bonds. The molecule has 1 nitrogen and oxygen atoms in total. The minimum absolute atomic E-state index is 0.0331. The molecule has 1 aromatic carbocycles. The second-order valence-corrected chi connectivity index (χ2v) is 5.23. The third kappa shape index (κ3) is 1.59. The number of ketones is 1. The van der Waals surface area contributed by atoms with Crippen LogP contribution in [0.25, 0.3) is 6.08 Å². The summed E-state index contributed by atoms with van der Waals surface area (Å²) in [5.41, 5.74) is 3.68. The lowest BCUT2D eigenvalue weighted by molar-refractivity contribution is 0.103. The highest BCUT2D eigenvalue weighted by Gasteiger charge is 2.27. The van der Waals surface area contributed by atoms with E-state index in [1.807, 2.05) is 24.3 Å². The summed E-state index contributed by atoms with van der Waals surface area (Å²) in [6.07, 6.45) is 8.36. The van der Waals surface area contributed by atoms with Crippen LogP contribution >= 0.6 is 0 Å². The average molecular weight is 222 g/mol. The quantitative estimate of drug-likeness (QED) is 0.652. The Kier molecular flexibility index (Phi) is 1.99. The van der Waals surface area contributed by atoms with Crippen molar-refractivity contribution in [1.29, 1.82) is 0 Å². The Morgan fingerprint density at radius 3 is 2.71 bits per heavy atom. The van der Waals surface area contributed by atoms with Crippen molar-refractivity contribution >= 4 is 11.9 Å². The molecule has 0 N–H and O–H groups in total. The Bertz CT molecular complexity index is 598. The Hall–Kier alpha value is -1.89. The van der Waals surface area contributed by atoms with E-state index in [-0.39, 0.29) is 11.2 Å². The summed E-state index contributed by atoms with van der Waals surface area (Å²) < 4.78 is 0. The van der Waals surface area contributed by atoms with Gasteiger partial charge in [-0.25, -0.2) is 0 Å². The van der Waals surface area contributed by atoms with E-state index in [0.29, 0.717) is 0 Å². The largest absolute Gasteiger partial charge is 0.289 e. The van der Waals surface area contributed by atoms with Gasteiger partial charge in [-0.05, 0) is 17.2 Å². The van der Waals surface area contributed by atoms with E-state index in [1.165, 1.54) is 0 Å². The first kappa shape index (κ1) is 10.3. The van der Waals surface area contributed by atoms with Crippen LogP contribution in [-0.4, -0.2) is 5.78 Å². The minimum atomic E-state index is -0.0331. The molecule has 84 valence electrons. The monoisotopic (exact) mass is 222 g/mol. The topological polar surface area (TPSA) is 17.1 Å². The van der Waals surface area contributed by atoms with E-state index >= 15 is 0 Å². The van der Waals surface area contributed by atoms with Gasteiger partial charge in [-0.3, -0.25) is 4.79 Å². The minimum Gasteiger partial charge on any atom is -0.289 e. The number of hydrogen-bond acceptors (Lipinski definition) is 1. The normalized spacial score (nSPS) is 20.2. The number of Topliss-reactive ketones (excluding diaryl/α,β-unsaturated/α-hetero) is 1. The van der Waals surface area contributed by atoms with Crippen LogP contribution in [0.2, 0.25) is 0 Å². The number of carbonyl (C=O) groups excluding carboxylic acids is 1. The molecule has 0 saturated carbocycles. The molecular formula is C16H14O. The summed E-state index contributed by atoms with van der Waals surface area (Å²) >= 11 is 0. The molecule has 0 fully saturated rings. The van der Waals surface area contributed by atoms with Crippen LogP contribution < -0.4 is 0 Å². The van der Waals surface area contributed by atoms with E-state index in [9.17, 15) is 4.79 Å². The number of fused-ring (bicyclic) bond motifs is 2. The second kappa shape index (κ2) is 3.30. The van der Waals surface area contributed by atoms with Gasteiger partial charge in [-0.15, -0.1) is 0 Å². The summed E-state index contributed by atoms with van der Waals surface area (Å²) in [7, 11) is 0. The van der Waals surface area contributed by atoms with E-state index in [4.69, 9.17) is 0 Å². The Balaban J connectivity index is 2.23. The maximum absolute atomic E-state index is 12.4. The molecule has 1 aromatic rings. The van der Waals surface area contributed by atoms with Gasteiger partial charge >= 0.3 is 0 Å². The number of allylic oxidation sites excluding steroid dienone is 5. The number of hydrogen-bond donors (Lipinski definition) is 0. The molecule has 0 heterocycles. The molecule has 17 heavy (non-hydrogen) atoms. The molecule has 0 aromatic heterocycles. The number of carbonyl (C=O) groups is 1. The van der Waals surface area contributed by atoms with Crippen LogP contribution in [0.1, 0.15) is 29.8 Å². The van der Waals surface area contributed by atoms with E-state index in [1.54, 1.807) is 0 Å². The van der Waals surface area contributed by atoms with Gasteiger partial charge < -0.3 is 0 Å². The van der Waals surface area contributed by atoms with Crippen molar-refractivity contribution in [3.63, 3.8) is 0 Å². The highest BCUT2D eigenvalue weighted by atomic mass is 16.1. The van der Waals surface area contributed by atoms with Gasteiger partial charge in [0.25, 0.3) is 0 Å². The summed E-state index contributed by atoms with van der Waals surface area (Å²) in [5, 5.41) is 0. The smallest absolute Gasteiger partial charge is 0.193 e. The number of rotatable bonds is 0.